The molecule has 1 atom stereocenters. The van der Waals surface area contributed by atoms with Crippen molar-refractivity contribution < 1.29 is 4.74 Å². The summed E-state index contributed by atoms with van der Waals surface area (Å²) in [6.07, 6.45) is 2.59. The number of nitrogens with one attached hydrogen (secondary N) is 2. The molecule has 29 heavy (non-hydrogen) atoms. The van der Waals surface area contributed by atoms with Crippen LogP contribution in [0.25, 0.3) is 0 Å². The van der Waals surface area contributed by atoms with E-state index in [0.717, 1.165) is 25.6 Å². The zero-order chi connectivity index (χ0) is 19.8. The largest absolute Gasteiger partial charge is 0.380 e. The molecule has 2 aromatic rings. The van der Waals surface area contributed by atoms with Crippen LogP contribution in [0.2, 0.25) is 0 Å². The first-order valence-electron chi connectivity index (χ1n) is 10.1. The second-order valence-electron chi connectivity index (χ2n) is 7.33. The minimum atomic E-state index is 0. The lowest BCUT2D eigenvalue weighted by molar-refractivity contribution is 0.185. The maximum Gasteiger partial charge on any atom is 0.191 e. The van der Waals surface area contributed by atoms with Crippen molar-refractivity contribution in [3.05, 3.63) is 65.2 Å². The summed E-state index contributed by atoms with van der Waals surface area (Å²) in [6, 6.07) is 17.5. The Labute approximate surface area is 192 Å². The van der Waals surface area contributed by atoms with Crippen molar-refractivity contribution in [2.24, 2.45) is 4.99 Å². The van der Waals surface area contributed by atoms with E-state index < -0.39 is 0 Å². The average Bonchev–Trinajstić information content (AvgIpc) is 3.27. The highest BCUT2D eigenvalue weighted by molar-refractivity contribution is 14.0. The monoisotopic (exact) mass is 508 g/mol. The van der Waals surface area contributed by atoms with Gasteiger partial charge < -0.3 is 20.3 Å². The smallest absolute Gasteiger partial charge is 0.191 e. The summed E-state index contributed by atoms with van der Waals surface area (Å²) in [5.41, 5.74) is 4.99. The highest BCUT2D eigenvalue weighted by atomic mass is 127. The molecule has 0 amide bonds. The van der Waals surface area contributed by atoms with Crippen LogP contribution in [0.3, 0.4) is 0 Å². The van der Waals surface area contributed by atoms with Gasteiger partial charge in [0.2, 0.25) is 0 Å². The zero-order valence-corrected chi connectivity index (χ0v) is 20.0. The van der Waals surface area contributed by atoms with E-state index in [9.17, 15) is 0 Å². The van der Waals surface area contributed by atoms with Gasteiger partial charge in [0.25, 0.3) is 0 Å². The van der Waals surface area contributed by atoms with Gasteiger partial charge in [-0.15, -0.1) is 24.0 Å². The van der Waals surface area contributed by atoms with Crippen molar-refractivity contribution in [3.8, 4) is 0 Å². The van der Waals surface area contributed by atoms with Gasteiger partial charge in [-0.3, -0.25) is 4.99 Å². The minimum Gasteiger partial charge on any atom is -0.380 e. The number of methoxy groups -OCH3 is 1. The molecular weight excluding hydrogens is 475 g/mol. The number of nitrogens with zero attached hydrogens (tertiary/aromatic N) is 2. The number of ether oxygens (including phenoxy) is 1. The second kappa shape index (κ2) is 12.0. The van der Waals surface area contributed by atoms with Crippen molar-refractivity contribution in [3.63, 3.8) is 0 Å². The van der Waals surface area contributed by atoms with Gasteiger partial charge in [0.15, 0.2) is 5.96 Å². The molecule has 5 nitrogen and oxygen atoms in total. The third-order valence-electron chi connectivity index (χ3n) is 5.21. The summed E-state index contributed by atoms with van der Waals surface area (Å²) in [5.74, 6) is 0.806. The van der Waals surface area contributed by atoms with Crippen molar-refractivity contribution in [1.82, 2.24) is 10.6 Å². The Hall–Kier alpha value is -1.80. The number of anilines is 1. The molecule has 0 saturated carbocycles. The average molecular weight is 508 g/mol. The molecule has 6 heteroatoms. The molecule has 1 aliphatic rings. The Kier molecular flexibility index (Phi) is 9.73. The van der Waals surface area contributed by atoms with E-state index in [1.165, 1.54) is 35.2 Å². The zero-order valence-electron chi connectivity index (χ0n) is 17.6. The van der Waals surface area contributed by atoms with Crippen LogP contribution in [-0.4, -0.2) is 33.2 Å². The first kappa shape index (κ1) is 23.5. The van der Waals surface area contributed by atoms with Gasteiger partial charge in [0, 0.05) is 39.5 Å². The predicted octanol–water partition coefficient (Wildman–Crippen LogP) is 4.48. The highest BCUT2D eigenvalue weighted by Gasteiger charge is 2.14. The number of aliphatic imine (C=N–C) groups is 1. The fourth-order valence-electron chi connectivity index (χ4n) is 3.56. The fraction of sp³-hybridized carbons (Fsp3) is 0.435. The van der Waals surface area contributed by atoms with Gasteiger partial charge in [-0.05, 0) is 48.6 Å². The molecule has 0 spiro atoms. The van der Waals surface area contributed by atoms with E-state index in [4.69, 9.17) is 4.74 Å². The standard InChI is InChI=1S/C23H32N4O.HI/c1-18(21-7-6-8-22(15-21)27-13-4-5-14-27)26-23(24-2)25-16-19-9-11-20(12-10-19)17-28-3;/h6-12,15,18H,4-5,13-14,16-17H2,1-3H3,(H2,24,25,26);1H. The van der Waals surface area contributed by atoms with Crippen molar-refractivity contribution in [1.29, 1.82) is 0 Å². The summed E-state index contributed by atoms with van der Waals surface area (Å²) in [5, 5.41) is 6.91. The van der Waals surface area contributed by atoms with Gasteiger partial charge in [-0.2, -0.15) is 0 Å². The highest BCUT2D eigenvalue weighted by Crippen LogP contribution is 2.23. The summed E-state index contributed by atoms with van der Waals surface area (Å²) in [6.45, 7) is 5.88. The molecule has 1 saturated heterocycles. The molecule has 2 N–H and O–H groups in total. The van der Waals surface area contributed by atoms with Crippen LogP contribution in [0.5, 0.6) is 0 Å². The van der Waals surface area contributed by atoms with Crippen LogP contribution < -0.4 is 15.5 Å². The molecule has 158 valence electrons. The second-order valence-corrected chi connectivity index (χ2v) is 7.33. The molecular formula is C23H33IN4O. The van der Waals surface area contributed by atoms with Gasteiger partial charge in [-0.1, -0.05) is 36.4 Å². The Morgan fingerprint density at radius 2 is 1.79 bits per heavy atom. The van der Waals surface area contributed by atoms with Crippen LogP contribution in [0.15, 0.2) is 53.5 Å². The Morgan fingerprint density at radius 1 is 1.10 bits per heavy atom. The first-order chi connectivity index (χ1) is 13.7. The molecule has 3 rings (SSSR count). The Bertz CT molecular complexity index is 773. The molecule has 0 aliphatic carbocycles. The lowest BCUT2D eigenvalue weighted by Crippen LogP contribution is -2.38. The predicted molar refractivity (Wildman–Crippen MR) is 132 cm³/mol. The van der Waals surface area contributed by atoms with Crippen LogP contribution in [0, 0.1) is 0 Å². The van der Waals surface area contributed by atoms with E-state index in [2.05, 4.69) is 76.0 Å². The normalized spacial score (nSPS) is 15.0. The van der Waals surface area contributed by atoms with Gasteiger partial charge in [-0.25, -0.2) is 0 Å². The SMILES string of the molecule is CN=C(NCc1ccc(COC)cc1)NC(C)c1cccc(N2CCCC2)c1.I. The number of hydrogen-bond acceptors (Lipinski definition) is 3. The van der Waals surface area contributed by atoms with E-state index in [1.54, 1.807) is 7.11 Å². The molecule has 1 unspecified atom stereocenters. The summed E-state index contributed by atoms with van der Waals surface area (Å²) >= 11 is 0. The first-order valence-corrected chi connectivity index (χ1v) is 10.1. The molecule has 0 aromatic heterocycles. The van der Waals surface area contributed by atoms with E-state index in [-0.39, 0.29) is 30.0 Å². The third kappa shape index (κ3) is 6.89. The number of halogens is 1. The maximum absolute atomic E-state index is 5.16. The number of rotatable bonds is 7. The Balaban J connectivity index is 0.00000300. The van der Waals surface area contributed by atoms with Gasteiger partial charge in [0.1, 0.15) is 0 Å². The third-order valence-corrected chi connectivity index (χ3v) is 5.21. The quantitative estimate of drug-likeness (QED) is 0.329. The number of hydrogen-bond donors (Lipinski definition) is 2. The lowest BCUT2D eigenvalue weighted by Gasteiger charge is -2.22. The van der Waals surface area contributed by atoms with Gasteiger partial charge in [0.05, 0.1) is 12.6 Å². The Morgan fingerprint density at radius 3 is 2.45 bits per heavy atom. The molecule has 1 heterocycles. The van der Waals surface area contributed by atoms with Crippen molar-refractivity contribution in [2.75, 3.05) is 32.1 Å². The van der Waals surface area contributed by atoms with Crippen LogP contribution in [0.4, 0.5) is 5.69 Å². The number of guanidine groups is 1. The van der Waals surface area contributed by atoms with Gasteiger partial charge >= 0.3 is 0 Å². The van der Waals surface area contributed by atoms with Crippen LogP contribution in [-0.2, 0) is 17.9 Å². The summed E-state index contributed by atoms with van der Waals surface area (Å²) in [7, 11) is 3.53. The topological polar surface area (TPSA) is 48.9 Å². The van der Waals surface area contributed by atoms with E-state index >= 15 is 0 Å². The molecule has 0 bridgehead atoms. The van der Waals surface area contributed by atoms with E-state index in [0.29, 0.717) is 6.61 Å². The van der Waals surface area contributed by atoms with Crippen molar-refractivity contribution in [2.45, 2.75) is 39.0 Å². The minimum absolute atomic E-state index is 0. The molecule has 1 aliphatic heterocycles. The lowest BCUT2D eigenvalue weighted by atomic mass is 10.1. The number of benzene rings is 2. The maximum atomic E-state index is 5.16. The summed E-state index contributed by atoms with van der Waals surface area (Å²) < 4.78 is 5.16. The fourth-order valence-corrected chi connectivity index (χ4v) is 3.56. The summed E-state index contributed by atoms with van der Waals surface area (Å²) in [4.78, 5) is 6.85. The molecule has 0 radical (unpaired) electrons. The molecule has 2 aromatic carbocycles. The van der Waals surface area contributed by atoms with E-state index in [1.807, 2.05) is 7.05 Å². The van der Waals surface area contributed by atoms with Crippen LogP contribution in [0.1, 0.15) is 42.5 Å². The van der Waals surface area contributed by atoms with Crippen molar-refractivity contribution >= 4 is 35.6 Å². The van der Waals surface area contributed by atoms with Crippen LogP contribution >= 0.6 is 24.0 Å². The molecule has 1 fully saturated rings.